The number of thioether (sulfide) groups is 1. The van der Waals surface area contributed by atoms with Gasteiger partial charge in [-0.15, -0.1) is 24.2 Å². The highest BCUT2D eigenvalue weighted by Gasteiger charge is 2.20. The molecule has 1 amide bonds. The van der Waals surface area contributed by atoms with Crippen LogP contribution in [-0.2, 0) is 4.79 Å². The lowest BCUT2D eigenvalue weighted by Crippen LogP contribution is -2.36. The van der Waals surface area contributed by atoms with E-state index in [1.807, 2.05) is 56.3 Å². The number of nitrogens with zero attached hydrogens (tertiary/aromatic N) is 3. The van der Waals surface area contributed by atoms with Crippen LogP contribution in [0.3, 0.4) is 0 Å². The Morgan fingerprint density at radius 3 is 2.57 bits per heavy atom. The van der Waals surface area contributed by atoms with Crippen molar-refractivity contribution in [3.05, 3.63) is 53.1 Å². The first kappa shape index (κ1) is 25.0. The minimum absolute atomic E-state index is 0. The largest absolute Gasteiger partial charge is 0.308 e. The van der Waals surface area contributed by atoms with Gasteiger partial charge < -0.3 is 4.90 Å². The number of hydrogen-bond donors (Lipinski definition) is 0. The highest BCUT2D eigenvalue weighted by molar-refractivity contribution is 7.99. The molecule has 0 unspecified atom stereocenters. The number of thiazole rings is 1. The molecule has 0 aliphatic carbocycles. The summed E-state index contributed by atoms with van der Waals surface area (Å²) in [6.07, 6.45) is 1.36. The molecule has 3 aromatic rings. The lowest BCUT2D eigenvalue weighted by Gasteiger charge is -2.22. The second-order valence-electron chi connectivity index (χ2n) is 7.13. The zero-order valence-corrected chi connectivity index (χ0v) is 20.6. The molecular formula is C22H27Cl2N3OS2. The molecule has 30 heavy (non-hydrogen) atoms. The summed E-state index contributed by atoms with van der Waals surface area (Å²) in [6, 6.07) is 14.2. The number of likely N-dealkylation sites (N-methyl/N-ethyl adjacent to an activating group) is 1. The molecule has 162 valence electrons. The summed E-state index contributed by atoms with van der Waals surface area (Å²) in [7, 11) is 4.03. The third kappa shape index (κ3) is 6.59. The van der Waals surface area contributed by atoms with Crippen molar-refractivity contribution in [2.75, 3.05) is 37.8 Å². The maximum Gasteiger partial charge on any atom is 0.228 e. The van der Waals surface area contributed by atoms with Gasteiger partial charge >= 0.3 is 0 Å². The van der Waals surface area contributed by atoms with Crippen LogP contribution in [0.25, 0.3) is 10.2 Å². The highest BCUT2D eigenvalue weighted by Crippen LogP contribution is 2.34. The third-order valence-corrected chi connectivity index (χ3v) is 7.14. The Balaban J connectivity index is 0.00000320. The number of aryl methyl sites for hydroxylation is 1. The Labute approximate surface area is 198 Å². The maximum absolute atomic E-state index is 13.0. The van der Waals surface area contributed by atoms with Crippen LogP contribution in [0, 0.1) is 6.92 Å². The molecule has 2 aromatic carbocycles. The summed E-state index contributed by atoms with van der Waals surface area (Å²) in [5, 5.41) is 1.46. The van der Waals surface area contributed by atoms with Gasteiger partial charge in [0.1, 0.15) is 0 Å². The first-order valence-corrected chi connectivity index (χ1v) is 11.8. The number of amides is 1. The summed E-state index contributed by atoms with van der Waals surface area (Å²) in [5.74, 6) is 1.05. The molecule has 0 radical (unpaired) electrons. The number of anilines is 1. The average Bonchev–Trinajstić information content (AvgIpc) is 3.13. The Hall–Kier alpha value is -1.31. The van der Waals surface area contributed by atoms with Gasteiger partial charge in [0.15, 0.2) is 5.13 Å². The summed E-state index contributed by atoms with van der Waals surface area (Å²) < 4.78 is 1.06. The lowest BCUT2D eigenvalue weighted by atomic mass is 10.2. The van der Waals surface area contributed by atoms with Crippen molar-refractivity contribution in [3.8, 4) is 0 Å². The number of benzene rings is 2. The van der Waals surface area contributed by atoms with E-state index in [2.05, 4.69) is 17.0 Å². The van der Waals surface area contributed by atoms with E-state index in [1.54, 1.807) is 23.1 Å². The van der Waals surface area contributed by atoms with E-state index in [0.29, 0.717) is 18.0 Å². The fourth-order valence-electron chi connectivity index (χ4n) is 2.90. The molecule has 0 spiro atoms. The lowest BCUT2D eigenvalue weighted by molar-refractivity contribution is -0.118. The van der Waals surface area contributed by atoms with Gasteiger partial charge in [-0.1, -0.05) is 41.1 Å². The molecule has 0 aliphatic rings. The summed E-state index contributed by atoms with van der Waals surface area (Å²) >= 11 is 9.60. The Morgan fingerprint density at radius 1 is 1.13 bits per heavy atom. The minimum Gasteiger partial charge on any atom is -0.308 e. The van der Waals surface area contributed by atoms with E-state index in [0.717, 1.165) is 39.6 Å². The van der Waals surface area contributed by atoms with Crippen LogP contribution < -0.4 is 4.90 Å². The minimum atomic E-state index is 0. The Morgan fingerprint density at radius 2 is 1.87 bits per heavy atom. The molecule has 0 N–H and O–H groups in total. The van der Waals surface area contributed by atoms with Gasteiger partial charge in [-0.05, 0) is 63.0 Å². The summed E-state index contributed by atoms with van der Waals surface area (Å²) in [5.41, 5.74) is 1.85. The van der Waals surface area contributed by atoms with Crippen LogP contribution >= 0.6 is 47.1 Å². The van der Waals surface area contributed by atoms with Crippen molar-refractivity contribution in [2.24, 2.45) is 0 Å². The average molecular weight is 485 g/mol. The van der Waals surface area contributed by atoms with Crippen LogP contribution in [0.1, 0.15) is 18.4 Å². The van der Waals surface area contributed by atoms with Gasteiger partial charge in [-0.2, -0.15) is 0 Å². The molecule has 0 saturated heterocycles. The smallest absolute Gasteiger partial charge is 0.228 e. The molecule has 0 bridgehead atoms. The fourth-order valence-corrected chi connectivity index (χ4v) is 4.99. The predicted octanol–water partition coefficient (Wildman–Crippen LogP) is 6.15. The molecule has 0 atom stereocenters. The van der Waals surface area contributed by atoms with Crippen LogP contribution in [0.2, 0.25) is 5.02 Å². The molecule has 0 aliphatic heterocycles. The zero-order valence-electron chi connectivity index (χ0n) is 17.4. The quantitative estimate of drug-likeness (QED) is 0.270. The van der Waals surface area contributed by atoms with Gasteiger partial charge in [-0.25, -0.2) is 4.98 Å². The first-order valence-electron chi connectivity index (χ1n) is 9.64. The molecule has 4 nitrogen and oxygen atoms in total. The van der Waals surface area contributed by atoms with E-state index in [9.17, 15) is 4.79 Å². The molecule has 0 fully saturated rings. The fraction of sp³-hybridized carbons (Fsp3) is 0.364. The molecule has 0 saturated carbocycles. The predicted molar refractivity (Wildman–Crippen MR) is 134 cm³/mol. The standard InChI is InChI=1S/C22H26ClN3OS2.ClH/c1-16-18(23)11-12-19-21(16)24-22(29-19)26(14-13-25(2)3)20(27)10-7-15-28-17-8-5-4-6-9-17;/h4-6,8-9,11-12H,7,10,13-15H2,1-3H3;1H. The molecule has 8 heteroatoms. The SMILES string of the molecule is Cc1c(Cl)ccc2sc(N(CCN(C)C)C(=O)CCCSc3ccccc3)nc12.Cl. The number of hydrogen-bond acceptors (Lipinski definition) is 5. The first-order chi connectivity index (χ1) is 14.0. The molecule has 3 rings (SSSR count). The highest BCUT2D eigenvalue weighted by atomic mass is 35.5. The van der Waals surface area contributed by atoms with E-state index in [4.69, 9.17) is 16.6 Å². The van der Waals surface area contributed by atoms with Gasteiger partial charge in [0.25, 0.3) is 0 Å². The number of rotatable bonds is 9. The third-order valence-electron chi connectivity index (χ3n) is 4.59. The van der Waals surface area contributed by atoms with E-state index in [1.165, 1.54) is 4.90 Å². The Bertz CT molecular complexity index is 964. The van der Waals surface area contributed by atoms with E-state index < -0.39 is 0 Å². The second kappa shape index (κ2) is 11.9. The van der Waals surface area contributed by atoms with Crippen molar-refractivity contribution in [3.63, 3.8) is 0 Å². The normalized spacial score (nSPS) is 11.0. The second-order valence-corrected chi connectivity index (χ2v) is 9.71. The van der Waals surface area contributed by atoms with Crippen LogP contribution in [0.4, 0.5) is 5.13 Å². The molecular weight excluding hydrogens is 457 g/mol. The number of halogens is 2. The topological polar surface area (TPSA) is 36.4 Å². The van der Waals surface area contributed by atoms with E-state index in [-0.39, 0.29) is 18.3 Å². The number of carbonyl (C=O) groups is 1. The number of fused-ring (bicyclic) bond motifs is 1. The molecule has 1 heterocycles. The van der Waals surface area contributed by atoms with E-state index >= 15 is 0 Å². The van der Waals surface area contributed by atoms with Crippen molar-refractivity contribution in [2.45, 2.75) is 24.7 Å². The van der Waals surface area contributed by atoms with Crippen LogP contribution in [-0.4, -0.2) is 48.7 Å². The van der Waals surface area contributed by atoms with Gasteiger partial charge in [0, 0.05) is 29.4 Å². The maximum atomic E-state index is 13.0. The van der Waals surface area contributed by atoms with Gasteiger partial charge in [0.05, 0.1) is 10.2 Å². The molecule has 1 aromatic heterocycles. The van der Waals surface area contributed by atoms with Crippen molar-refractivity contribution in [1.29, 1.82) is 0 Å². The van der Waals surface area contributed by atoms with Crippen molar-refractivity contribution in [1.82, 2.24) is 9.88 Å². The monoisotopic (exact) mass is 483 g/mol. The van der Waals surface area contributed by atoms with Gasteiger partial charge in [-0.3, -0.25) is 9.69 Å². The van der Waals surface area contributed by atoms with Crippen LogP contribution in [0.5, 0.6) is 0 Å². The Kier molecular flexibility index (Phi) is 9.91. The van der Waals surface area contributed by atoms with Crippen LogP contribution in [0.15, 0.2) is 47.4 Å². The van der Waals surface area contributed by atoms with Crippen molar-refractivity contribution < 1.29 is 4.79 Å². The summed E-state index contributed by atoms with van der Waals surface area (Å²) in [6.45, 7) is 3.39. The summed E-state index contributed by atoms with van der Waals surface area (Å²) in [4.78, 5) is 23.0. The number of aromatic nitrogens is 1. The van der Waals surface area contributed by atoms with Crippen molar-refractivity contribution >= 4 is 68.4 Å². The zero-order chi connectivity index (χ0) is 20.8. The number of carbonyl (C=O) groups excluding carboxylic acids is 1. The van der Waals surface area contributed by atoms with Gasteiger partial charge in [0.2, 0.25) is 5.91 Å².